The minimum atomic E-state index is -3.57. The first-order valence-electron chi connectivity index (χ1n) is 9.88. The second kappa shape index (κ2) is 8.61. The van der Waals surface area contributed by atoms with E-state index in [2.05, 4.69) is 5.32 Å². The molecule has 0 bridgehead atoms. The van der Waals surface area contributed by atoms with Gasteiger partial charge in [-0.3, -0.25) is 14.5 Å². The van der Waals surface area contributed by atoms with Crippen LogP contribution in [0.3, 0.4) is 0 Å². The molecule has 2 aliphatic rings. The number of rotatable bonds is 6. The van der Waals surface area contributed by atoms with Crippen LogP contribution in [0, 0.1) is 5.92 Å². The number of amides is 2. The molecule has 0 aromatic heterocycles. The molecule has 0 radical (unpaired) electrons. The van der Waals surface area contributed by atoms with E-state index in [0.717, 1.165) is 9.87 Å². The number of benzene rings is 1. The van der Waals surface area contributed by atoms with Crippen LogP contribution in [-0.2, 0) is 26.0 Å². The molecule has 154 valence electrons. The summed E-state index contributed by atoms with van der Waals surface area (Å²) in [7, 11) is -3.57. The fraction of sp³-hybridized carbons (Fsp3) is 0.600. The lowest BCUT2D eigenvalue weighted by atomic mass is 10.1. The summed E-state index contributed by atoms with van der Waals surface area (Å²) >= 11 is 0. The summed E-state index contributed by atoms with van der Waals surface area (Å²) < 4.78 is 26.0. The highest BCUT2D eigenvalue weighted by Crippen LogP contribution is 2.25. The van der Waals surface area contributed by atoms with Crippen molar-refractivity contribution in [2.24, 2.45) is 5.92 Å². The highest BCUT2D eigenvalue weighted by molar-refractivity contribution is 7.89. The first-order valence-corrected chi connectivity index (χ1v) is 11.5. The molecule has 2 fully saturated rings. The molecule has 0 aliphatic carbocycles. The number of hydrogen-bond acceptors (Lipinski definition) is 5. The van der Waals surface area contributed by atoms with Crippen LogP contribution < -0.4 is 5.32 Å². The van der Waals surface area contributed by atoms with Crippen molar-refractivity contribution in [3.63, 3.8) is 0 Å². The van der Waals surface area contributed by atoms with Crippen molar-refractivity contribution in [2.75, 3.05) is 25.4 Å². The zero-order valence-electron chi connectivity index (χ0n) is 16.5. The van der Waals surface area contributed by atoms with Gasteiger partial charge in [0.15, 0.2) is 0 Å². The Bertz CT molecular complexity index is 810. The molecule has 2 amide bonds. The molecule has 0 spiro atoms. The van der Waals surface area contributed by atoms with Crippen LogP contribution in [0.1, 0.15) is 32.3 Å². The Hall–Kier alpha value is -1.93. The van der Waals surface area contributed by atoms with E-state index < -0.39 is 16.1 Å². The summed E-state index contributed by atoms with van der Waals surface area (Å²) in [5.74, 6) is -0.380. The Labute approximate surface area is 167 Å². The normalized spacial score (nSPS) is 24.8. The van der Waals surface area contributed by atoms with Crippen molar-refractivity contribution in [3.8, 4) is 0 Å². The second-order valence-electron chi connectivity index (χ2n) is 8.08. The van der Waals surface area contributed by atoms with E-state index in [1.807, 2.05) is 49.1 Å². The molecule has 2 atom stereocenters. The molecule has 28 heavy (non-hydrogen) atoms. The maximum Gasteiger partial charge on any atom is 0.253 e. The van der Waals surface area contributed by atoms with Crippen LogP contribution in [-0.4, -0.2) is 66.9 Å². The number of sulfonamides is 1. The van der Waals surface area contributed by atoms with E-state index >= 15 is 0 Å². The quantitative estimate of drug-likeness (QED) is 0.760. The summed E-state index contributed by atoms with van der Waals surface area (Å²) in [5, 5.41) is 3.02. The molecule has 1 aromatic carbocycles. The largest absolute Gasteiger partial charge is 0.352 e. The molecule has 3 rings (SSSR count). The Morgan fingerprint density at radius 3 is 2.64 bits per heavy atom. The first-order chi connectivity index (χ1) is 13.3. The first kappa shape index (κ1) is 20.8. The highest BCUT2D eigenvalue weighted by Gasteiger charge is 2.45. The molecule has 1 N–H and O–H groups in total. The minimum absolute atomic E-state index is 0.0365. The second-order valence-corrected chi connectivity index (χ2v) is 10.1. The molecular weight excluding hydrogens is 378 g/mol. The highest BCUT2D eigenvalue weighted by atomic mass is 32.2. The molecule has 1 aromatic rings. The lowest BCUT2D eigenvalue weighted by molar-refractivity contribution is -0.131. The number of nitrogens with one attached hydrogen (secondary N) is 1. The Balaban J connectivity index is 1.59. The molecule has 8 heteroatoms. The summed E-state index contributed by atoms with van der Waals surface area (Å²) in [6.45, 7) is 4.84. The van der Waals surface area contributed by atoms with Gasteiger partial charge >= 0.3 is 0 Å². The molecule has 7 nitrogen and oxygen atoms in total. The van der Waals surface area contributed by atoms with E-state index in [4.69, 9.17) is 0 Å². The van der Waals surface area contributed by atoms with Crippen LogP contribution in [0.25, 0.3) is 0 Å². The summed E-state index contributed by atoms with van der Waals surface area (Å²) in [6, 6.07) is 9.24. The van der Waals surface area contributed by atoms with E-state index in [9.17, 15) is 18.0 Å². The van der Waals surface area contributed by atoms with Gasteiger partial charge in [-0.25, -0.2) is 12.7 Å². The van der Waals surface area contributed by atoms with Gasteiger partial charge in [-0.1, -0.05) is 44.2 Å². The number of fused-ring (bicyclic) bond motifs is 1. The van der Waals surface area contributed by atoms with Crippen molar-refractivity contribution in [1.82, 2.24) is 14.5 Å². The van der Waals surface area contributed by atoms with E-state index in [0.29, 0.717) is 32.4 Å². The number of hydrogen-bond donors (Lipinski definition) is 1. The summed E-state index contributed by atoms with van der Waals surface area (Å²) in [4.78, 5) is 27.1. The molecule has 0 saturated carbocycles. The van der Waals surface area contributed by atoms with Crippen LogP contribution in [0.4, 0.5) is 0 Å². The maximum atomic E-state index is 12.9. The lowest BCUT2D eigenvalue weighted by Gasteiger charge is -2.25. The fourth-order valence-corrected chi connectivity index (χ4v) is 5.50. The number of carbonyl (C=O) groups excluding carboxylic acids is 2. The van der Waals surface area contributed by atoms with Gasteiger partial charge in [0.2, 0.25) is 15.9 Å². The van der Waals surface area contributed by atoms with Gasteiger partial charge in [0.1, 0.15) is 0 Å². The minimum Gasteiger partial charge on any atom is -0.352 e. The van der Waals surface area contributed by atoms with Crippen LogP contribution >= 0.6 is 0 Å². The Morgan fingerprint density at radius 1 is 1.25 bits per heavy atom. The van der Waals surface area contributed by atoms with Crippen molar-refractivity contribution in [1.29, 1.82) is 0 Å². The van der Waals surface area contributed by atoms with Crippen molar-refractivity contribution >= 4 is 21.8 Å². The predicted molar refractivity (Wildman–Crippen MR) is 107 cm³/mol. The number of nitrogens with zero attached hydrogens (tertiary/aromatic N) is 2. The third-order valence-electron chi connectivity index (χ3n) is 5.29. The zero-order valence-corrected chi connectivity index (χ0v) is 17.3. The Kier molecular flexibility index (Phi) is 6.40. The van der Waals surface area contributed by atoms with E-state index in [1.165, 1.54) is 0 Å². The zero-order chi connectivity index (χ0) is 20.3. The van der Waals surface area contributed by atoms with Gasteiger partial charge in [0.05, 0.1) is 11.8 Å². The molecule has 2 aliphatic heterocycles. The smallest absolute Gasteiger partial charge is 0.253 e. The van der Waals surface area contributed by atoms with Crippen molar-refractivity contribution in [2.45, 2.75) is 45.2 Å². The summed E-state index contributed by atoms with van der Waals surface area (Å²) in [6.07, 6.45) is 1.53. The van der Waals surface area contributed by atoms with Crippen LogP contribution in [0.2, 0.25) is 0 Å². The fourth-order valence-electron chi connectivity index (χ4n) is 3.90. The molecule has 0 unspecified atom stereocenters. The van der Waals surface area contributed by atoms with E-state index in [1.54, 1.807) is 0 Å². The van der Waals surface area contributed by atoms with Gasteiger partial charge in [-0.2, -0.15) is 0 Å². The average molecular weight is 408 g/mol. The average Bonchev–Trinajstić information content (AvgIpc) is 3.02. The van der Waals surface area contributed by atoms with Gasteiger partial charge in [0.25, 0.3) is 5.91 Å². The van der Waals surface area contributed by atoms with Gasteiger partial charge in [-0.05, 0) is 24.3 Å². The summed E-state index contributed by atoms with van der Waals surface area (Å²) in [5.41, 5.74) is 1.11. The molecule has 2 heterocycles. The lowest BCUT2D eigenvalue weighted by Crippen LogP contribution is -2.45. The maximum absolute atomic E-state index is 12.9. The van der Waals surface area contributed by atoms with Gasteiger partial charge in [-0.15, -0.1) is 0 Å². The van der Waals surface area contributed by atoms with Gasteiger partial charge in [0, 0.05) is 32.1 Å². The molecule has 2 saturated heterocycles. The molecular formula is C20H29N3O4S. The van der Waals surface area contributed by atoms with Crippen molar-refractivity contribution in [3.05, 3.63) is 35.9 Å². The van der Waals surface area contributed by atoms with Crippen LogP contribution in [0.15, 0.2) is 30.3 Å². The SMILES string of the molecule is CC(C)CN1C(=O)[C@@H]2C[C@H](NC(=O)CCc3ccccc3)CN2CCS1(=O)=O. The third-order valence-corrected chi connectivity index (χ3v) is 6.99. The Morgan fingerprint density at radius 2 is 1.96 bits per heavy atom. The predicted octanol–water partition coefficient (Wildman–Crippen LogP) is 1.01. The standard InChI is InChI=1S/C20H29N3O4S/c1-15(2)13-23-20(25)18-12-17(14-22(18)10-11-28(23,26)27)21-19(24)9-8-16-6-4-3-5-7-16/h3-7,15,17-18H,8-14H2,1-2H3,(H,21,24)/t17-,18-/m0/s1. The van der Waals surface area contributed by atoms with Gasteiger partial charge < -0.3 is 5.32 Å². The third kappa shape index (κ3) is 4.91. The van der Waals surface area contributed by atoms with Crippen molar-refractivity contribution < 1.29 is 18.0 Å². The number of aryl methyl sites for hydroxylation is 1. The van der Waals surface area contributed by atoms with Crippen LogP contribution in [0.5, 0.6) is 0 Å². The van der Waals surface area contributed by atoms with E-state index in [-0.39, 0.29) is 36.1 Å². The topological polar surface area (TPSA) is 86.8 Å². The monoisotopic (exact) mass is 407 g/mol. The number of carbonyl (C=O) groups is 2.